The van der Waals surface area contributed by atoms with Crippen LogP contribution in [0.5, 0.6) is 11.5 Å². The highest BCUT2D eigenvalue weighted by atomic mass is 16.5. The SMILES string of the molecule is COc1cccc(C(=O)OCC(=O)c2c(C)cc(C)cc2C)c1OC. The second-order valence-electron chi connectivity index (χ2n) is 5.81. The number of methoxy groups -OCH3 is 2. The van der Waals surface area contributed by atoms with Crippen molar-refractivity contribution in [1.82, 2.24) is 0 Å². The number of hydrogen-bond donors (Lipinski definition) is 0. The molecule has 0 aliphatic heterocycles. The molecule has 5 heteroatoms. The molecule has 0 unspecified atom stereocenters. The molecule has 0 spiro atoms. The van der Waals surface area contributed by atoms with Gasteiger partial charge in [-0.15, -0.1) is 0 Å². The molecule has 0 bridgehead atoms. The molecule has 0 N–H and O–H groups in total. The van der Waals surface area contributed by atoms with Crippen molar-refractivity contribution in [2.45, 2.75) is 20.8 Å². The van der Waals surface area contributed by atoms with E-state index in [-0.39, 0.29) is 23.7 Å². The zero-order valence-electron chi connectivity index (χ0n) is 15.1. The Morgan fingerprint density at radius 1 is 0.960 bits per heavy atom. The van der Waals surface area contributed by atoms with Crippen LogP contribution in [-0.2, 0) is 4.74 Å². The molecular formula is C20H22O5. The van der Waals surface area contributed by atoms with Crippen LogP contribution in [-0.4, -0.2) is 32.6 Å². The summed E-state index contributed by atoms with van der Waals surface area (Å²) in [5.74, 6) is -0.157. The predicted octanol–water partition coefficient (Wildman–Crippen LogP) is 3.67. The summed E-state index contributed by atoms with van der Waals surface area (Å²) in [5.41, 5.74) is 3.64. The molecule has 0 radical (unpaired) electrons. The molecule has 0 amide bonds. The van der Waals surface area contributed by atoms with Gasteiger partial charge in [-0.05, 0) is 44.0 Å². The van der Waals surface area contributed by atoms with Crippen molar-refractivity contribution in [3.63, 3.8) is 0 Å². The van der Waals surface area contributed by atoms with Crippen LogP contribution >= 0.6 is 0 Å². The highest BCUT2D eigenvalue weighted by Gasteiger charge is 2.20. The second kappa shape index (κ2) is 7.83. The third kappa shape index (κ3) is 3.99. The first-order valence-electron chi connectivity index (χ1n) is 7.88. The first-order valence-corrected chi connectivity index (χ1v) is 7.88. The number of carbonyl (C=O) groups is 2. The van der Waals surface area contributed by atoms with Gasteiger partial charge in [-0.1, -0.05) is 23.8 Å². The molecule has 2 rings (SSSR count). The van der Waals surface area contributed by atoms with Crippen molar-refractivity contribution < 1.29 is 23.8 Å². The number of Topliss-reactive ketones (excluding diaryl/α,β-unsaturated/α-hetero) is 1. The summed E-state index contributed by atoms with van der Waals surface area (Å²) in [4.78, 5) is 24.8. The molecule has 0 atom stereocenters. The molecule has 0 fully saturated rings. The summed E-state index contributed by atoms with van der Waals surface area (Å²) in [7, 11) is 2.93. The van der Waals surface area contributed by atoms with Crippen molar-refractivity contribution in [2.24, 2.45) is 0 Å². The van der Waals surface area contributed by atoms with Crippen LogP contribution in [0.3, 0.4) is 0 Å². The quantitative estimate of drug-likeness (QED) is 0.592. The van der Waals surface area contributed by atoms with Gasteiger partial charge in [0.15, 0.2) is 18.1 Å². The van der Waals surface area contributed by atoms with Crippen molar-refractivity contribution in [3.05, 3.63) is 58.1 Å². The van der Waals surface area contributed by atoms with E-state index >= 15 is 0 Å². The van der Waals surface area contributed by atoms with Crippen molar-refractivity contribution in [3.8, 4) is 11.5 Å². The molecule has 0 saturated heterocycles. The van der Waals surface area contributed by atoms with Gasteiger partial charge in [-0.3, -0.25) is 4.79 Å². The third-order valence-corrected chi connectivity index (χ3v) is 3.91. The van der Waals surface area contributed by atoms with Crippen LogP contribution in [0.25, 0.3) is 0 Å². The van der Waals surface area contributed by atoms with Gasteiger partial charge in [0.2, 0.25) is 5.78 Å². The highest BCUT2D eigenvalue weighted by Crippen LogP contribution is 2.31. The van der Waals surface area contributed by atoms with E-state index in [0.717, 1.165) is 16.7 Å². The third-order valence-electron chi connectivity index (χ3n) is 3.91. The Labute approximate surface area is 147 Å². The number of aryl methyl sites for hydroxylation is 3. The van der Waals surface area contributed by atoms with Gasteiger partial charge in [0, 0.05) is 5.56 Å². The van der Waals surface area contributed by atoms with Crippen LogP contribution in [0.4, 0.5) is 0 Å². The summed E-state index contributed by atoms with van der Waals surface area (Å²) in [6, 6.07) is 8.78. The standard InChI is InChI=1S/C20H22O5/c1-12-9-13(2)18(14(3)10-12)16(21)11-25-20(22)15-7-6-8-17(23-4)19(15)24-5/h6-10H,11H2,1-5H3. The maximum Gasteiger partial charge on any atom is 0.342 e. The summed E-state index contributed by atoms with van der Waals surface area (Å²) >= 11 is 0. The highest BCUT2D eigenvalue weighted by molar-refractivity contribution is 6.02. The average Bonchev–Trinajstić information content (AvgIpc) is 2.57. The predicted molar refractivity (Wildman–Crippen MR) is 94.8 cm³/mol. The van der Waals surface area contributed by atoms with E-state index in [0.29, 0.717) is 11.3 Å². The summed E-state index contributed by atoms with van der Waals surface area (Å²) in [6.07, 6.45) is 0. The van der Waals surface area contributed by atoms with Crippen LogP contribution in [0.1, 0.15) is 37.4 Å². The van der Waals surface area contributed by atoms with E-state index < -0.39 is 5.97 Å². The molecule has 132 valence electrons. The number of carbonyl (C=O) groups excluding carboxylic acids is 2. The number of esters is 1. The lowest BCUT2D eigenvalue weighted by atomic mass is 9.97. The topological polar surface area (TPSA) is 61.8 Å². The van der Waals surface area contributed by atoms with Crippen LogP contribution in [0.15, 0.2) is 30.3 Å². The maximum atomic E-state index is 12.5. The Morgan fingerprint density at radius 2 is 1.60 bits per heavy atom. The van der Waals surface area contributed by atoms with Crippen LogP contribution in [0, 0.1) is 20.8 Å². The fraction of sp³-hybridized carbons (Fsp3) is 0.300. The largest absolute Gasteiger partial charge is 0.493 e. The van der Waals surface area contributed by atoms with E-state index in [1.165, 1.54) is 14.2 Å². The van der Waals surface area contributed by atoms with Crippen molar-refractivity contribution in [2.75, 3.05) is 20.8 Å². The number of ether oxygens (including phenoxy) is 3. The minimum atomic E-state index is -0.633. The lowest BCUT2D eigenvalue weighted by molar-refractivity contribution is 0.0470. The van der Waals surface area contributed by atoms with Gasteiger partial charge in [0.25, 0.3) is 0 Å². The molecule has 0 aliphatic carbocycles. The number of rotatable bonds is 6. The fourth-order valence-electron chi connectivity index (χ4n) is 2.95. The van der Waals surface area contributed by atoms with E-state index in [1.807, 2.05) is 32.9 Å². The monoisotopic (exact) mass is 342 g/mol. The van der Waals surface area contributed by atoms with Crippen LogP contribution in [0.2, 0.25) is 0 Å². The number of hydrogen-bond acceptors (Lipinski definition) is 5. The van der Waals surface area contributed by atoms with E-state index in [1.54, 1.807) is 18.2 Å². The van der Waals surface area contributed by atoms with E-state index in [9.17, 15) is 9.59 Å². The second-order valence-corrected chi connectivity index (χ2v) is 5.81. The summed E-state index contributed by atoms with van der Waals surface area (Å²) in [5, 5.41) is 0. The van der Waals surface area contributed by atoms with Gasteiger partial charge >= 0.3 is 5.97 Å². The zero-order valence-corrected chi connectivity index (χ0v) is 15.1. The smallest absolute Gasteiger partial charge is 0.342 e. The Kier molecular flexibility index (Phi) is 5.80. The minimum Gasteiger partial charge on any atom is -0.493 e. The molecule has 5 nitrogen and oxygen atoms in total. The first kappa shape index (κ1) is 18.5. The molecule has 0 saturated carbocycles. The minimum absolute atomic E-state index is 0.215. The molecule has 0 aliphatic rings. The van der Waals surface area contributed by atoms with Gasteiger partial charge in [-0.2, -0.15) is 0 Å². The first-order chi connectivity index (χ1) is 11.9. The zero-order chi connectivity index (χ0) is 18.6. The summed E-state index contributed by atoms with van der Waals surface area (Å²) in [6.45, 7) is 5.40. The maximum absolute atomic E-state index is 12.5. The molecule has 2 aromatic rings. The normalized spacial score (nSPS) is 10.3. The van der Waals surface area contributed by atoms with E-state index in [4.69, 9.17) is 14.2 Å². The van der Waals surface area contributed by atoms with Crippen LogP contribution < -0.4 is 9.47 Å². The number of ketones is 1. The fourth-order valence-corrected chi connectivity index (χ4v) is 2.95. The summed E-state index contributed by atoms with van der Waals surface area (Å²) < 4.78 is 15.6. The molecule has 25 heavy (non-hydrogen) atoms. The van der Waals surface area contributed by atoms with Crippen molar-refractivity contribution in [1.29, 1.82) is 0 Å². The Bertz CT molecular complexity index is 785. The molecule has 0 heterocycles. The Hall–Kier alpha value is -2.82. The van der Waals surface area contributed by atoms with Gasteiger partial charge in [-0.25, -0.2) is 4.79 Å². The van der Waals surface area contributed by atoms with Gasteiger partial charge < -0.3 is 14.2 Å². The van der Waals surface area contributed by atoms with E-state index in [2.05, 4.69) is 0 Å². The van der Waals surface area contributed by atoms with Gasteiger partial charge in [0.1, 0.15) is 5.56 Å². The van der Waals surface area contributed by atoms with Gasteiger partial charge in [0.05, 0.1) is 14.2 Å². The van der Waals surface area contributed by atoms with Crippen molar-refractivity contribution >= 4 is 11.8 Å². The average molecular weight is 342 g/mol. The Morgan fingerprint density at radius 3 is 2.16 bits per heavy atom. The Balaban J connectivity index is 2.17. The molecule has 2 aromatic carbocycles. The number of para-hydroxylation sites is 1. The molecular weight excluding hydrogens is 320 g/mol. The lowest BCUT2D eigenvalue weighted by Gasteiger charge is -2.13. The number of benzene rings is 2. The lowest BCUT2D eigenvalue weighted by Crippen LogP contribution is -2.17. The molecule has 0 aromatic heterocycles.